The highest BCUT2D eigenvalue weighted by Gasteiger charge is 2.36. The zero-order valence-corrected chi connectivity index (χ0v) is 22.0. The van der Waals surface area contributed by atoms with Gasteiger partial charge in [0, 0.05) is 5.69 Å². The van der Waals surface area contributed by atoms with Crippen molar-refractivity contribution in [2.24, 2.45) is 0 Å². The van der Waals surface area contributed by atoms with Gasteiger partial charge in [-0.2, -0.15) is 0 Å². The minimum atomic E-state index is -0.509. The van der Waals surface area contributed by atoms with Crippen LogP contribution >= 0.6 is 11.8 Å². The van der Waals surface area contributed by atoms with E-state index in [1.807, 2.05) is 57.2 Å². The fourth-order valence-corrected chi connectivity index (χ4v) is 4.82. The Balaban J connectivity index is 1.44. The van der Waals surface area contributed by atoms with E-state index in [9.17, 15) is 14.4 Å². The molecule has 1 heterocycles. The molecule has 4 rings (SSSR count). The van der Waals surface area contributed by atoms with E-state index in [-0.39, 0.29) is 11.4 Å². The Morgan fingerprint density at radius 2 is 1.70 bits per heavy atom. The lowest BCUT2D eigenvalue weighted by atomic mass is 10.1. The van der Waals surface area contributed by atoms with Gasteiger partial charge < -0.3 is 14.8 Å². The molecule has 0 radical (unpaired) electrons. The number of hydrogen-bond acceptors (Lipinski definition) is 6. The first-order valence-corrected chi connectivity index (χ1v) is 12.5. The molecule has 37 heavy (non-hydrogen) atoms. The highest BCUT2D eigenvalue weighted by molar-refractivity contribution is 8.18. The van der Waals surface area contributed by atoms with Crippen LogP contribution in [0.4, 0.5) is 10.5 Å². The van der Waals surface area contributed by atoms with Gasteiger partial charge in [-0.05, 0) is 73.0 Å². The summed E-state index contributed by atoms with van der Waals surface area (Å²) in [5.41, 5.74) is 5.36. The molecule has 0 atom stereocenters. The predicted molar refractivity (Wildman–Crippen MR) is 146 cm³/mol. The molecule has 8 heteroatoms. The zero-order valence-electron chi connectivity index (χ0n) is 21.2. The van der Waals surface area contributed by atoms with Crippen LogP contribution in [0.2, 0.25) is 0 Å². The average molecular weight is 517 g/mol. The number of hydrogen-bond donors (Lipinski definition) is 1. The summed E-state index contributed by atoms with van der Waals surface area (Å²) < 4.78 is 11.4. The van der Waals surface area contributed by atoms with Crippen molar-refractivity contribution >= 4 is 40.6 Å². The number of aryl methyl sites for hydroxylation is 3. The SMILES string of the molecule is COc1cc(/C=C2\SC(=O)N(CC(=O)Nc3c(C)cccc3C)C2=O)ccc1OCc1cccc(C)c1. The minimum absolute atomic E-state index is 0.236. The lowest BCUT2D eigenvalue weighted by molar-refractivity contribution is -0.127. The molecule has 190 valence electrons. The molecule has 0 bridgehead atoms. The number of methoxy groups -OCH3 is 1. The van der Waals surface area contributed by atoms with Crippen molar-refractivity contribution in [1.29, 1.82) is 0 Å². The number of rotatable bonds is 8. The number of carbonyl (C=O) groups excluding carboxylic acids is 3. The number of ether oxygens (including phenoxy) is 2. The van der Waals surface area contributed by atoms with E-state index in [1.54, 1.807) is 31.4 Å². The van der Waals surface area contributed by atoms with E-state index in [2.05, 4.69) is 11.4 Å². The van der Waals surface area contributed by atoms with Crippen molar-refractivity contribution in [2.75, 3.05) is 19.0 Å². The summed E-state index contributed by atoms with van der Waals surface area (Å²) in [6.45, 7) is 5.83. The van der Waals surface area contributed by atoms with E-state index in [1.165, 1.54) is 0 Å². The Kier molecular flexibility index (Phi) is 7.98. The third kappa shape index (κ3) is 6.21. The van der Waals surface area contributed by atoms with Gasteiger partial charge in [0.15, 0.2) is 11.5 Å². The van der Waals surface area contributed by atoms with Gasteiger partial charge in [0.1, 0.15) is 13.2 Å². The summed E-state index contributed by atoms with van der Waals surface area (Å²) in [4.78, 5) is 39.3. The quantitative estimate of drug-likeness (QED) is 0.377. The van der Waals surface area contributed by atoms with Crippen LogP contribution in [0.5, 0.6) is 11.5 Å². The fourth-order valence-electron chi connectivity index (χ4n) is 3.98. The molecule has 0 spiro atoms. The van der Waals surface area contributed by atoms with Crippen LogP contribution in [0.15, 0.2) is 65.6 Å². The Labute approximate surface area is 220 Å². The molecule has 0 unspecified atom stereocenters. The molecule has 0 aromatic heterocycles. The average Bonchev–Trinajstić information content (AvgIpc) is 3.12. The van der Waals surface area contributed by atoms with Crippen LogP contribution in [0, 0.1) is 20.8 Å². The maximum atomic E-state index is 12.9. The number of carbonyl (C=O) groups is 3. The fraction of sp³-hybridized carbons (Fsp3) is 0.207. The molecule has 1 N–H and O–H groups in total. The normalized spacial score (nSPS) is 14.3. The van der Waals surface area contributed by atoms with Crippen molar-refractivity contribution in [2.45, 2.75) is 27.4 Å². The molecule has 7 nitrogen and oxygen atoms in total. The van der Waals surface area contributed by atoms with Crippen molar-refractivity contribution in [3.8, 4) is 11.5 Å². The van der Waals surface area contributed by atoms with E-state index in [0.717, 1.165) is 38.9 Å². The summed E-state index contributed by atoms with van der Waals surface area (Å²) >= 11 is 0.804. The summed E-state index contributed by atoms with van der Waals surface area (Å²) in [6, 6.07) is 19.0. The first kappa shape index (κ1) is 26.0. The third-order valence-electron chi connectivity index (χ3n) is 5.88. The topological polar surface area (TPSA) is 84.9 Å². The highest BCUT2D eigenvalue weighted by atomic mass is 32.2. The lowest BCUT2D eigenvalue weighted by Gasteiger charge is -2.15. The Morgan fingerprint density at radius 3 is 2.41 bits per heavy atom. The van der Waals surface area contributed by atoms with E-state index < -0.39 is 17.1 Å². The molecule has 3 aromatic carbocycles. The molecule has 1 aliphatic heterocycles. The van der Waals surface area contributed by atoms with Crippen LogP contribution in [0.3, 0.4) is 0 Å². The number of thioether (sulfide) groups is 1. The maximum Gasteiger partial charge on any atom is 0.294 e. The lowest BCUT2D eigenvalue weighted by Crippen LogP contribution is -2.36. The van der Waals surface area contributed by atoms with Gasteiger partial charge in [0.25, 0.3) is 11.1 Å². The van der Waals surface area contributed by atoms with Gasteiger partial charge in [-0.3, -0.25) is 19.3 Å². The number of para-hydroxylation sites is 1. The monoisotopic (exact) mass is 516 g/mol. The number of anilines is 1. The Morgan fingerprint density at radius 1 is 0.973 bits per heavy atom. The molecule has 1 aliphatic rings. The molecule has 1 fully saturated rings. The zero-order chi connectivity index (χ0) is 26.5. The molecule has 0 aliphatic carbocycles. The van der Waals surface area contributed by atoms with E-state index >= 15 is 0 Å². The molecular weight excluding hydrogens is 488 g/mol. The summed E-state index contributed by atoms with van der Waals surface area (Å²) in [7, 11) is 1.54. The van der Waals surface area contributed by atoms with Crippen LogP contribution < -0.4 is 14.8 Å². The van der Waals surface area contributed by atoms with Crippen LogP contribution in [0.25, 0.3) is 6.08 Å². The van der Waals surface area contributed by atoms with Gasteiger partial charge in [0.2, 0.25) is 5.91 Å². The first-order valence-electron chi connectivity index (χ1n) is 11.7. The number of nitrogens with one attached hydrogen (secondary N) is 1. The predicted octanol–water partition coefficient (Wildman–Crippen LogP) is 5.87. The number of benzene rings is 3. The standard InChI is InChI=1S/C29H28N2O5S/c1-18-7-5-10-22(13-18)17-36-23-12-11-21(14-24(23)35-4)15-25-28(33)31(29(34)37-25)16-26(32)30-27-19(2)8-6-9-20(27)3/h5-15H,16-17H2,1-4H3,(H,30,32)/b25-15-. The largest absolute Gasteiger partial charge is 0.493 e. The number of nitrogens with zero attached hydrogens (tertiary/aromatic N) is 1. The summed E-state index contributed by atoms with van der Waals surface area (Å²) in [5.74, 6) is 0.133. The van der Waals surface area contributed by atoms with Gasteiger partial charge in [-0.1, -0.05) is 54.1 Å². The van der Waals surface area contributed by atoms with E-state index in [4.69, 9.17) is 9.47 Å². The second-order valence-electron chi connectivity index (χ2n) is 8.77. The maximum absolute atomic E-state index is 12.9. The number of amides is 3. The summed E-state index contributed by atoms with van der Waals surface area (Å²) in [5, 5.41) is 2.33. The van der Waals surface area contributed by atoms with Gasteiger partial charge >= 0.3 is 0 Å². The van der Waals surface area contributed by atoms with Gasteiger partial charge in [0.05, 0.1) is 12.0 Å². The van der Waals surface area contributed by atoms with Gasteiger partial charge in [-0.25, -0.2) is 0 Å². The van der Waals surface area contributed by atoms with Crippen LogP contribution in [-0.2, 0) is 16.2 Å². The smallest absolute Gasteiger partial charge is 0.294 e. The summed E-state index contributed by atoms with van der Waals surface area (Å²) in [6.07, 6.45) is 1.61. The van der Waals surface area contributed by atoms with Crippen molar-refractivity contribution < 1.29 is 23.9 Å². The second-order valence-corrected chi connectivity index (χ2v) is 9.76. The molecule has 3 amide bonds. The third-order valence-corrected chi connectivity index (χ3v) is 6.79. The second kappa shape index (κ2) is 11.3. The first-order chi connectivity index (χ1) is 17.7. The molecule has 1 saturated heterocycles. The highest BCUT2D eigenvalue weighted by Crippen LogP contribution is 2.35. The van der Waals surface area contributed by atoms with E-state index in [0.29, 0.717) is 29.4 Å². The minimum Gasteiger partial charge on any atom is -0.493 e. The van der Waals surface area contributed by atoms with Crippen LogP contribution in [-0.4, -0.2) is 35.6 Å². The number of imide groups is 1. The van der Waals surface area contributed by atoms with Gasteiger partial charge in [-0.15, -0.1) is 0 Å². The van der Waals surface area contributed by atoms with Crippen LogP contribution in [0.1, 0.15) is 27.8 Å². The van der Waals surface area contributed by atoms with Crippen molar-refractivity contribution in [3.05, 3.63) is 93.4 Å². The Bertz CT molecular complexity index is 1380. The Hall–Kier alpha value is -4.04. The molecular formula is C29H28N2O5S. The molecule has 3 aromatic rings. The van der Waals surface area contributed by atoms with Crippen molar-refractivity contribution in [1.82, 2.24) is 4.90 Å². The molecule has 0 saturated carbocycles. The van der Waals surface area contributed by atoms with Crippen molar-refractivity contribution in [3.63, 3.8) is 0 Å².